The second kappa shape index (κ2) is 7.65. The number of rotatable bonds is 5. The molecule has 11 heteroatoms. The molecule has 1 atom stereocenters. The number of hydrogen-bond acceptors (Lipinski definition) is 6. The van der Waals surface area contributed by atoms with Crippen LogP contribution in [0.1, 0.15) is 16.8 Å². The molecule has 1 fully saturated rings. The van der Waals surface area contributed by atoms with E-state index >= 15 is 0 Å². The average molecular weight is 397 g/mol. The summed E-state index contributed by atoms with van der Waals surface area (Å²) in [5.41, 5.74) is -4.42. The van der Waals surface area contributed by atoms with Crippen LogP contribution in [0.4, 0.5) is 13.2 Å². The number of benzene rings is 1. The van der Waals surface area contributed by atoms with Crippen molar-refractivity contribution >= 4 is 33.5 Å². The Labute approximate surface area is 146 Å². The molecule has 6 nitrogen and oxygen atoms in total. The van der Waals surface area contributed by atoms with Gasteiger partial charge in [-0.3, -0.25) is 4.79 Å². The number of ether oxygens (including phenoxy) is 1. The first-order valence-electron chi connectivity index (χ1n) is 7.07. The van der Waals surface area contributed by atoms with Gasteiger partial charge in [-0.1, -0.05) is 0 Å². The molecule has 0 saturated carbocycles. The molecule has 0 bridgehead atoms. The molecule has 0 aliphatic carbocycles. The number of thioether (sulfide) groups is 1. The Bertz CT molecular complexity index is 747. The molecule has 0 radical (unpaired) electrons. The Balaban J connectivity index is 1.80. The smallest absolute Gasteiger partial charge is 0.446 e. The Kier molecular flexibility index (Phi) is 5.99. The summed E-state index contributed by atoms with van der Waals surface area (Å²) in [6.07, 6.45) is 0.306. The van der Waals surface area contributed by atoms with Gasteiger partial charge in [0.2, 0.25) is 0 Å². The lowest BCUT2D eigenvalue weighted by Crippen LogP contribution is -2.38. The average Bonchev–Trinajstić information content (AvgIpc) is 2.82. The van der Waals surface area contributed by atoms with Crippen LogP contribution in [0.3, 0.4) is 0 Å². The fourth-order valence-electron chi connectivity index (χ4n) is 2.19. The molecule has 138 valence electrons. The third-order valence-electron chi connectivity index (χ3n) is 3.26. The summed E-state index contributed by atoms with van der Waals surface area (Å²) in [6.45, 7) is -0.603. The van der Waals surface area contributed by atoms with Gasteiger partial charge in [0, 0.05) is 10.9 Å². The zero-order valence-electron chi connectivity index (χ0n) is 12.7. The first-order valence-corrected chi connectivity index (χ1v) is 9.70. The maximum absolute atomic E-state index is 12.2. The van der Waals surface area contributed by atoms with Crippen LogP contribution < -0.4 is 5.32 Å². The van der Waals surface area contributed by atoms with E-state index in [0.717, 1.165) is 24.3 Å². The van der Waals surface area contributed by atoms with Crippen molar-refractivity contribution in [2.45, 2.75) is 22.9 Å². The van der Waals surface area contributed by atoms with Crippen molar-refractivity contribution in [2.75, 3.05) is 18.1 Å². The van der Waals surface area contributed by atoms with E-state index in [2.05, 4.69) is 5.32 Å². The Hall–Kier alpha value is -1.75. The molecule has 1 saturated heterocycles. The minimum atomic E-state index is -4.42. The highest BCUT2D eigenvalue weighted by molar-refractivity contribution is 8.00. The van der Waals surface area contributed by atoms with Crippen LogP contribution in [-0.4, -0.2) is 50.0 Å². The fourth-order valence-corrected chi connectivity index (χ4v) is 4.40. The topological polar surface area (TPSA) is 89.5 Å². The zero-order valence-corrected chi connectivity index (χ0v) is 14.3. The first-order chi connectivity index (χ1) is 11.5. The van der Waals surface area contributed by atoms with Crippen LogP contribution in [0.25, 0.3) is 0 Å². The highest BCUT2D eigenvalue weighted by Gasteiger charge is 2.30. The lowest BCUT2D eigenvalue weighted by molar-refractivity contribution is -0.124. The fraction of sp³-hybridized carbons (Fsp3) is 0.429. The number of carbonyl (C=O) groups excluding carboxylic acids is 2. The highest BCUT2D eigenvalue weighted by Crippen LogP contribution is 2.36. The highest BCUT2D eigenvalue weighted by atomic mass is 32.2. The van der Waals surface area contributed by atoms with Gasteiger partial charge in [-0.05, 0) is 42.4 Å². The number of nitrogens with one attached hydrogen (secondary N) is 1. The van der Waals surface area contributed by atoms with E-state index in [0.29, 0.717) is 6.42 Å². The van der Waals surface area contributed by atoms with Crippen LogP contribution in [0.2, 0.25) is 0 Å². The van der Waals surface area contributed by atoms with E-state index in [4.69, 9.17) is 4.74 Å². The molecule has 1 aromatic carbocycles. The summed E-state index contributed by atoms with van der Waals surface area (Å²) in [6, 6.07) is 4.07. The predicted octanol–water partition coefficient (Wildman–Crippen LogP) is 1.76. The summed E-state index contributed by atoms with van der Waals surface area (Å²) < 4.78 is 64.0. The van der Waals surface area contributed by atoms with Crippen LogP contribution >= 0.6 is 11.8 Å². The second-order valence-corrected chi connectivity index (χ2v) is 8.68. The Morgan fingerprint density at radius 3 is 2.40 bits per heavy atom. The second-order valence-electron chi connectivity index (χ2n) is 5.32. The normalized spacial score (nSPS) is 19.4. The van der Waals surface area contributed by atoms with Gasteiger partial charge in [-0.15, -0.1) is 0 Å². The molecule has 2 rings (SSSR count). The number of hydrogen-bond donors (Lipinski definition) is 1. The Morgan fingerprint density at radius 1 is 1.24 bits per heavy atom. The van der Waals surface area contributed by atoms with Gasteiger partial charge in [-0.25, -0.2) is 13.2 Å². The van der Waals surface area contributed by atoms with Gasteiger partial charge >= 0.3 is 11.5 Å². The molecule has 0 spiro atoms. The molecule has 0 unspecified atom stereocenters. The van der Waals surface area contributed by atoms with Gasteiger partial charge in [0.25, 0.3) is 5.91 Å². The van der Waals surface area contributed by atoms with Gasteiger partial charge in [0.05, 0.1) is 17.1 Å². The number of sulfone groups is 1. The molecule has 1 aliphatic heterocycles. The summed E-state index contributed by atoms with van der Waals surface area (Å²) in [5.74, 6) is -1.65. The minimum Gasteiger partial charge on any atom is -0.452 e. The summed E-state index contributed by atoms with van der Waals surface area (Å²) in [5, 5.41) is 2.45. The van der Waals surface area contributed by atoms with Crippen LogP contribution in [0.5, 0.6) is 0 Å². The molecule has 1 heterocycles. The molecule has 1 N–H and O–H groups in total. The first kappa shape index (κ1) is 19.6. The van der Waals surface area contributed by atoms with E-state index in [1.54, 1.807) is 0 Å². The van der Waals surface area contributed by atoms with Crippen molar-refractivity contribution in [3.63, 3.8) is 0 Å². The summed E-state index contributed by atoms with van der Waals surface area (Å²) in [7, 11) is -3.14. The van der Waals surface area contributed by atoms with Crippen molar-refractivity contribution < 1.29 is 35.9 Å². The predicted molar refractivity (Wildman–Crippen MR) is 83.8 cm³/mol. The van der Waals surface area contributed by atoms with E-state index in [1.807, 2.05) is 0 Å². The van der Waals surface area contributed by atoms with Crippen LogP contribution in [0.15, 0.2) is 29.2 Å². The van der Waals surface area contributed by atoms with E-state index in [-0.39, 0.29) is 33.7 Å². The third-order valence-corrected chi connectivity index (χ3v) is 5.76. The van der Waals surface area contributed by atoms with Crippen LogP contribution in [-0.2, 0) is 19.4 Å². The van der Waals surface area contributed by atoms with Crippen LogP contribution in [0, 0.1) is 0 Å². The lowest BCUT2D eigenvalue weighted by Gasteiger charge is -2.11. The number of esters is 1. The standard InChI is InChI=1S/C14H14F3NO5S2/c15-14(16,17)24-11-3-1-9(2-4-11)13(20)23-7-12(19)18-10-5-6-25(21,22)8-10/h1-4,10H,5-8H2,(H,18,19)/t10-/m1/s1. The van der Waals surface area contributed by atoms with Crippen molar-refractivity contribution in [3.05, 3.63) is 29.8 Å². The Morgan fingerprint density at radius 2 is 1.88 bits per heavy atom. The van der Waals surface area contributed by atoms with E-state index in [1.165, 1.54) is 0 Å². The summed E-state index contributed by atoms with van der Waals surface area (Å²) >= 11 is -0.308. The van der Waals surface area contributed by atoms with Crippen molar-refractivity contribution in [3.8, 4) is 0 Å². The zero-order chi connectivity index (χ0) is 18.7. The molecule has 1 amide bonds. The lowest BCUT2D eigenvalue weighted by atomic mass is 10.2. The van der Waals surface area contributed by atoms with E-state index in [9.17, 15) is 31.2 Å². The monoisotopic (exact) mass is 397 g/mol. The largest absolute Gasteiger partial charge is 0.452 e. The minimum absolute atomic E-state index is 0.0000204. The summed E-state index contributed by atoms with van der Waals surface area (Å²) in [4.78, 5) is 23.3. The number of amides is 1. The van der Waals surface area contributed by atoms with Gasteiger partial charge in [-0.2, -0.15) is 13.2 Å². The van der Waals surface area contributed by atoms with Gasteiger partial charge < -0.3 is 10.1 Å². The molecule has 1 aromatic rings. The quantitative estimate of drug-likeness (QED) is 0.602. The van der Waals surface area contributed by atoms with Crippen molar-refractivity contribution in [2.24, 2.45) is 0 Å². The van der Waals surface area contributed by atoms with Crippen molar-refractivity contribution in [1.82, 2.24) is 5.32 Å². The maximum Gasteiger partial charge on any atom is 0.446 e. The molecular weight excluding hydrogens is 383 g/mol. The number of alkyl halides is 3. The number of halogens is 3. The molecule has 25 heavy (non-hydrogen) atoms. The maximum atomic E-state index is 12.2. The van der Waals surface area contributed by atoms with E-state index < -0.39 is 39.9 Å². The third kappa shape index (κ3) is 6.58. The SMILES string of the molecule is O=C(COC(=O)c1ccc(SC(F)(F)F)cc1)N[C@@H]1CCS(=O)(=O)C1. The molecule has 0 aromatic heterocycles. The van der Waals surface area contributed by atoms with Crippen molar-refractivity contribution in [1.29, 1.82) is 0 Å². The number of carbonyl (C=O) groups is 2. The molecule has 1 aliphatic rings. The molecular formula is C14H14F3NO5S2. The van der Waals surface area contributed by atoms with Gasteiger partial charge in [0.15, 0.2) is 16.4 Å². The van der Waals surface area contributed by atoms with Gasteiger partial charge in [0.1, 0.15) is 0 Å².